The molecule has 4 heteroatoms. The van der Waals surface area contributed by atoms with Gasteiger partial charge < -0.3 is 5.73 Å². The van der Waals surface area contributed by atoms with Gasteiger partial charge in [-0.2, -0.15) is 5.10 Å². The van der Waals surface area contributed by atoms with Crippen molar-refractivity contribution in [2.75, 3.05) is 0 Å². The fourth-order valence-electron chi connectivity index (χ4n) is 2.59. The molecule has 84 valence electrons. The van der Waals surface area contributed by atoms with E-state index in [1.54, 1.807) is 0 Å². The van der Waals surface area contributed by atoms with Gasteiger partial charge in [0.1, 0.15) is 0 Å². The molecule has 1 aliphatic rings. The van der Waals surface area contributed by atoms with Crippen LogP contribution in [-0.2, 0) is 7.05 Å². The molecule has 1 unspecified atom stereocenters. The van der Waals surface area contributed by atoms with E-state index < -0.39 is 0 Å². The topological polar surface area (TPSA) is 43.8 Å². The lowest BCUT2D eigenvalue weighted by Gasteiger charge is -2.31. The highest BCUT2D eigenvalue weighted by Crippen LogP contribution is 2.46. The van der Waals surface area contributed by atoms with Crippen LogP contribution in [0.15, 0.2) is 10.7 Å². The molecular formula is C11H18BrN3. The number of aromatic nitrogens is 2. The summed E-state index contributed by atoms with van der Waals surface area (Å²) in [6.07, 6.45) is 6.89. The molecule has 1 aromatic rings. The van der Waals surface area contributed by atoms with E-state index in [-0.39, 0.29) is 11.5 Å². The van der Waals surface area contributed by atoms with Crippen molar-refractivity contribution in [1.29, 1.82) is 0 Å². The first-order chi connectivity index (χ1) is 7.04. The molecule has 0 amide bonds. The highest BCUT2D eigenvalue weighted by molar-refractivity contribution is 9.10. The molecule has 1 fully saturated rings. The molecule has 1 atom stereocenters. The lowest BCUT2D eigenvalue weighted by molar-refractivity contribution is 0.255. The molecule has 15 heavy (non-hydrogen) atoms. The van der Waals surface area contributed by atoms with Crippen LogP contribution >= 0.6 is 15.9 Å². The van der Waals surface area contributed by atoms with Crippen LogP contribution in [0.1, 0.15) is 44.3 Å². The van der Waals surface area contributed by atoms with Crippen molar-refractivity contribution in [1.82, 2.24) is 9.78 Å². The molecule has 0 spiro atoms. The first kappa shape index (κ1) is 11.1. The van der Waals surface area contributed by atoms with Gasteiger partial charge in [-0.3, -0.25) is 4.68 Å². The summed E-state index contributed by atoms with van der Waals surface area (Å²) in [6.45, 7) is 2.30. The van der Waals surface area contributed by atoms with Gasteiger partial charge in [-0.05, 0) is 34.2 Å². The van der Waals surface area contributed by atoms with Crippen LogP contribution in [0.25, 0.3) is 0 Å². The number of halogens is 1. The van der Waals surface area contributed by atoms with Crippen molar-refractivity contribution >= 4 is 15.9 Å². The quantitative estimate of drug-likeness (QED) is 0.899. The summed E-state index contributed by atoms with van der Waals surface area (Å²) in [5.74, 6) is 0. The average molecular weight is 272 g/mol. The molecule has 1 aromatic heterocycles. The van der Waals surface area contributed by atoms with Gasteiger partial charge >= 0.3 is 0 Å². The van der Waals surface area contributed by atoms with E-state index in [4.69, 9.17) is 5.73 Å². The summed E-state index contributed by atoms with van der Waals surface area (Å²) in [4.78, 5) is 0. The molecule has 0 aliphatic heterocycles. The Labute approximate surface area is 99.2 Å². The zero-order valence-electron chi connectivity index (χ0n) is 9.33. The predicted molar refractivity (Wildman–Crippen MR) is 64.4 cm³/mol. The second-order valence-corrected chi connectivity index (χ2v) is 5.69. The second kappa shape index (κ2) is 3.91. The number of aryl methyl sites for hydroxylation is 1. The third-order valence-corrected chi connectivity index (χ3v) is 4.34. The van der Waals surface area contributed by atoms with E-state index in [2.05, 4.69) is 28.0 Å². The van der Waals surface area contributed by atoms with Crippen LogP contribution in [0.2, 0.25) is 0 Å². The molecule has 0 aromatic carbocycles. The first-order valence-electron chi connectivity index (χ1n) is 5.47. The zero-order valence-corrected chi connectivity index (χ0v) is 10.9. The van der Waals surface area contributed by atoms with Gasteiger partial charge in [-0.25, -0.2) is 0 Å². The number of nitrogens with two attached hydrogens (primary N) is 1. The smallest absolute Gasteiger partial charge is 0.0695 e. The van der Waals surface area contributed by atoms with Gasteiger partial charge in [0.2, 0.25) is 0 Å². The van der Waals surface area contributed by atoms with E-state index in [0.717, 1.165) is 10.2 Å². The molecule has 2 N–H and O–H groups in total. The zero-order chi connectivity index (χ0) is 11.1. The van der Waals surface area contributed by atoms with Crippen molar-refractivity contribution in [2.24, 2.45) is 18.2 Å². The average Bonchev–Trinajstić information content (AvgIpc) is 2.75. The Morgan fingerprint density at radius 3 is 2.60 bits per heavy atom. The Morgan fingerprint density at radius 2 is 2.13 bits per heavy atom. The summed E-state index contributed by atoms with van der Waals surface area (Å²) in [7, 11) is 1.96. The molecular weight excluding hydrogens is 254 g/mol. The van der Waals surface area contributed by atoms with Crippen molar-refractivity contribution in [2.45, 2.75) is 38.6 Å². The van der Waals surface area contributed by atoms with Crippen molar-refractivity contribution in [3.63, 3.8) is 0 Å². The monoisotopic (exact) mass is 271 g/mol. The maximum Gasteiger partial charge on any atom is 0.0695 e. The van der Waals surface area contributed by atoms with E-state index in [1.165, 1.54) is 25.7 Å². The highest BCUT2D eigenvalue weighted by Gasteiger charge is 2.37. The maximum atomic E-state index is 6.39. The van der Waals surface area contributed by atoms with Crippen molar-refractivity contribution in [3.8, 4) is 0 Å². The van der Waals surface area contributed by atoms with Crippen molar-refractivity contribution in [3.05, 3.63) is 16.4 Å². The Bertz CT molecular complexity index is 333. The van der Waals surface area contributed by atoms with Crippen LogP contribution in [0, 0.1) is 5.41 Å². The van der Waals surface area contributed by atoms with E-state index in [1.807, 2.05) is 17.9 Å². The van der Waals surface area contributed by atoms with E-state index in [9.17, 15) is 0 Å². The SMILES string of the molecule is Cn1ncc(Br)c1C(N)C1(C)CCCC1. The summed E-state index contributed by atoms with van der Waals surface area (Å²) in [5.41, 5.74) is 7.76. The van der Waals surface area contributed by atoms with E-state index >= 15 is 0 Å². The number of hydrogen-bond donors (Lipinski definition) is 1. The standard InChI is InChI=1S/C11H18BrN3/c1-11(5-3-4-6-11)10(13)9-8(12)7-14-15(9)2/h7,10H,3-6,13H2,1-2H3. The minimum atomic E-state index is 0.0851. The number of nitrogens with zero attached hydrogens (tertiary/aromatic N) is 2. The molecule has 0 bridgehead atoms. The fraction of sp³-hybridized carbons (Fsp3) is 0.727. The molecule has 0 radical (unpaired) electrons. The predicted octanol–water partition coefficient (Wildman–Crippen LogP) is 2.76. The minimum Gasteiger partial charge on any atom is -0.322 e. The molecule has 0 saturated heterocycles. The van der Waals surface area contributed by atoms with Crippen LogP contribution in [0.5, 0.6) is 0 Å². The van der Waals surface area contributed by atoms with Crippen LogP contribution in [0.3, 0.4) is 0 Å². The summed E-state index contributed by atoms with van der Waals surface area (Å²) >= 11 is 3.53. The normalized spacial score (nSPS) is 21.9. The van der Waals surface area contributed by atoms with Crippen LogP contribution in [0.4, 0.5) is 0 Å². The molecule has 3 nitrogen and oxygen atoms in total. The lowest BCUT2D eigenvalue weighted by atomic mass is 9.79. The Balaban J connectivity index is 2.31. The number of rotatable bonds is 2. The van der Waals surface area contributed by atoms with Crippen molar-refractivity contribution < 1.29 is 0 Å². The van der Waals surface area contributed by atoms with E-state index in [0.29, 0.717) is 0 Å². The van der Waals surface area contributed by atoms with Gasteiger partial charge in [-0.1, -0.05) is 19.8 Å². The van der Waals surface area contributed by atoms with Gasteiger partial charge in [0, 0.05) is 7.05 Å². The minimum absolute atomic E-state index is 0.0851. The maximum absolute atomic E-state index is 6.39. The largest absolute Gasteiger partial charge is 0.322 e. The highest BCUT2D eigenvalue weighted by atomic mass is 79.9. The molecule has 2 rings (SSSR count). The van der Waals surface area contributed by atoms with Crippen LogP contribution < -0.4 is 5.73 Å². The Morgan fingerprint density at radius 1 is 1.53 bits per heavy atom. The number of hydrogen-bond acceptors (Lipinski definition) is 2. The summed E-state index contributed by atoms with van der Waals surface area (Å²) in [5, 5.41) is 4.23. The Kier molecular flexibility index (Phi) is 2.90. The fourth-order valence-corrected chi connectivity index (χ4v) is 3.19. The lowest BCUT2D eigenvalue weighted by Crippen LogP contribution is -2.31. The Hall–Kier alpha value is -0.350. The van der Waals surface area contributed by atoms with Crippen LogP contribution in [-0.4, -0.2) is 9.78 Å². The van der Waals surface area contributed by atoms with Gasteiger partial charge in [0.05, 0.1) is 22.4 Å². The van der Waals surface area contributed by atoms with Gasteiger partial charge in [-0.15, -0.1) is 0 Å². The molecule has 1 aliphatic carbocycles. The third kappa shape index (κ3) is 1.85. The summed E-state index contributed by atoms with van der Waals surface area (Å²) < 4.78 is 2.92. The second-order valence-electron chi connectivity index (χ2n) is 4.84. The molecule has 1 heterocycles. The summed E-state index contributed by atoms with van der Waals surface area (Å²) in [6, 6.07) is 0.0851. The third-order valence-electron chi connectivity index (χ3n) is 3.73. The first-order valence-corrected chi connectivity index (χ1v) is 6.27. The van der Waals surface area contributed by atoms with Gasteiger partial charge in [0.25, 0.3) is 0 Å². The van der Waals surface area contributed by atoms with Gasteiger partial charge in [0.15, 0.2) is 0 Å². The molecule has 1 saturated carbocycles.